The van der Waals surface area contributed by atoms with Crippen LogP contribution in [-0.4, -0.2) is 17.0 Å². The molecule has 3 atom stereocenters. The molecule has 4 fully saturated rings. The molecule has 0 nitrogen and oxygen atoms in total. The number of rotatable bonds is 8. The summed E-state index contributed by atoms with van der Waals surface area (Å²) in [6.45, 7) is 2.75. The van der Waals surface area contributed by atoms with Gasteiger partial charge in [0.2, 0.25) is 0 Å². The van der Waals surface area contributed by atoms with E-state index >= 15 is 0 Å². The van der Waals surface area contributed by atoms with Crippen molar-refractivity contribution in [2.75, 3.05) is 0 Å². The van der Waals surface area contributed by atoms with Gasteiger partial charge in [0.25, 0.3) is 0 Å². The van der Waals surface area contributed by atoms with Crippen LogP contribution in [0.15, 0.2) is 84.9 Å². The minimum Gasteiger partial charge on any atom is -0.0971 e. The predicted molar refractivity (Wildman–Crippen MR) is 198 cm³/mol. The first-order valence-corrected chi connectivity index (χ1v) is 21.1. The Balaban J connectivity index is 0.000000609. The average Bonchev–Trinajstić information content (AvgIpc) is 3.84. The molecule has 0 aliphatic heterocycles. The van der Waals surface area contributed by atoms with Gasteiger partial charge in [-0.3, -0.25) is 0 Å². The van der Waals surface area contributed by atoms with Crippen LogP contribution in [0.5, 0.6) is 0 Å². The molecule has 0 saturated heterocycles. The third-order valence-corrected chi connectivity index (χ3v) is 17.7. The van der Waals surface area contributed by atoms with Gasteiger partial charge < -0.3 is 0 Å². The largest absolute Gasteiger partial charge is 0.0971 e. The Labute approximate surface area is 289 Å². The van der Waals surface area contributed by atoms with Crippen LogP contribution >= 0.6 is 15.8 Å². The first-order valence-electron chi connectivity index (χ1n) is 18.2. The number of hydrogen-bond acceptors (Lipinski definition) is 0. The summed E-state index contributed by atoms with van der Waals surface area (Å²) in [5.41, 5.74) is 4.70. The molecule has 0 aromatic heterocycles. The molecule has 0 heterocycles. The van der Waals surface area contributed by atoms with Crippen molar-refractivity contribution in [3.63, 3.8) is 0 Å². The predicted octanol–water partition coefficient (Wildman–Crippen LogP) is 11.4. The van der Waals surface area contributed by atoms with E-state index in [9.17, 15) is 0 Å². The van der Waals surface area contributed by atoms with Crippen LogP contribution in [0.1, 0.15) is 121 Å². The molecule has 45 heavy (non-hydrogen) atoms. The monoisotopic (exact) mass is 678 g/mol. The third-order valence-electron chi connectivity index (χ3n) is 11.2. The van der Waals surface area contributed by atoms with Crippen molar-refractivity contribution in [3.05, 3.63) is 103 Å². The molecule has 0 spiro atoms. The maximum atomic E-state index is 2.75. The standard InChI is InChI=1S/C37H48P2.C5H8.Fe/c1-29(38(30-17-6-2-7-18-30)31-19-8-3-9-20-31)34-26-16-27-35(34)36-25-14-15-28-37(36)39(32-21-10-4-11-22-32)33-23-12-5-13-24-33;1-2-4-5-3-1;/h4-5,10-15,21-25,28-31,34-35H,2-3,6-9,16-20,26-27H2,1H3;1-2H,3-5H2;/t29-,34?,35?;;/m1../s1. The zero-order valence-corrected chi connectivity index (χ0v) is 30.6. The Morgan fingerprint density at radius 1 is 0.533 bits per heavy atom. The van der Waals surface area contributed by atoms with Crippen molar-refractivity contribution >= 4 is 31.8 Å². The second kappa shape index (κ2) is 18.5. The quantitative estimate of drug-likeness (QED) is 0.164. The minimum absolute atomic E-state index is 0. The first-order chi connectivity index (χ1) is 21.8. The Hall–Kier alpha value is -0.961. The van der Waals surface area contributed by atoms with E-state index in [-0.39, 0.29) is 25.0 Å². The van der Waals surface area contributed by atoms with Gasteiger partial charge in [-0.15, -0.1) is 0 Å². The maximum Gasteiger partial charge on any atom is 0 e. The first kappa shape index (κ1) is 35.3. The van der Waals surface area contributed by atoms with Crippen molar-refractivity contribution in [1.29, 1.82) is 0 Å². The van der Waals surface area contributed by atoms with Crippen molar-refractivity contribution in [3.8, 4) is 0 Å². The zero-order chi connectivity index (χ0) is 30.0. The minimum atomic E-state index is -0.556. The fourth-order valence-electron chi connectivity index (χ4n) is 9.07. The van der Waals surface area contributed by atoms with Crippen molar-refractivity contribution in [1.82, 2.24) is 0 Å². The summed E-state index contributed by atoms with van der Waals surface area (Å²) in [6.07, 6.45) is 27.9. The van der Waals surface area contributed by atoms with Crippen LogP contribution in [0.4, 0.5) is 0 Å². The Bertz CT molecular complexity index is 1160. The third kappa shape index (κ3) is 9.14. The van der Waals surface area contributed by atoms with Crippen LogP contribution in [0.25, 0.3) is 0 Å². The van der Waals surface area contributed by atoms with Crippen LogP contribution in [0, 0.1) is 18.8 Å². The molecule has 0 amide bonds. The molecule has 2 unspecified atom stereocenters. The molecular formula is C42H56FeP2. The van der Waals surface area contributed by atoms with Gasteiger partial charge in [-0.1, -0.05) is 151 Å². The molecule has 4 saturated carbocycles. The van der Waals surface area contributed by atoms with Crippen molar-refractivity contribution in [2.24, 2.45) is 5.92 Å². The van der Waals surface area contributed by atoms with Gasteiger partial charge in [0.05, 0.1) is 0 Å². The van der Waals surface area contributed by atoms with E-state index < -0.39 is 7.92 Å². The molecule has 7 rings (SSSR count). The Morgan fingerprint density at radius 2 is 1.04 bits per heavy atom. The van der Waals surface area contributed by atoms with Crippen molar-refractivity contribution in [2.45, 2.75) is 133 Å². The van der Waals surface area contributed by atoms with E-state index in [2.05, 4.69) is 105 Å². The normalized spacial score (nSPS) is 23.4. The summed E-state index contributed by atoms with van der Waals surface area (Å²) in [6, 6.07) is 32.4. The fraction of sp³-hybridized carbons (Fsp3) is 0.524. The second-order valence-corrected chi connectivity index (χ2v) is 19.3. The summed E-state index contributed by atoms with van der Waals surface area (Å²) in [5.74, 6) is 1.59. The smallest absolute Gasteiger partial charge is 0 e. The number of benzene rings is 3. The van der Waals surface area contributed by atoms with E-state index in [1.807, 2.05) is 0 Å². The summed E-state index contributed by atoms with van der Waals surface area (Å²) in [5, 5.41) is 4.59. The summed E-state index contributed by atoms with van der Waals surface area (Å²) in [4.78, 5) is 0. The van der Waals surface area contributed by atoms with Crippen LogP contribution in [0.3, 0.4) is 0 Å². The molecule has 3 heteroatoms. The second-order valence-electron chi connectivity index (χ2n) is 13.9. The molecule has 4 aliphatic rings. The molecule has 3 aromatic carbocycles. The fourth-order valence-corrected chi connectivity index (χ4v) is 16.2. The summed E-state index contributed by atoms with van der Waals surface area (Å²) >= 11 is 0. The molecular weight excluding hydrogens is 622 g/mol. The zero-order valence-electron chi connectivity index (χ0n) is 27.7. The van der Waals surface area contributed by atoms with E-state index in [0.717, 1.165) is 28.8 Å². The molecule has 242 valence electrons. The van der Waals surface area contributed by atoms with E-state index in [1.54, 1.807) is 10.9 Å². The van der Waals surface area contributed by atoms with Gasteiger partial charge in [0.1, 0.15) is 0 Å². The average molecular weight is 679 g/mol. The molecule has 3 aromatic rings. The Kier molecular flexibility index (Phi) is 14.6. The van der Waals surface area contributed by atoms with Crippen LogP contribution in [-0.2, 0) is 17.1 Å². The van der Waals surface area contributed by atoms with Gasteiger partial charge in [-0.05, 0) is 122 Å². The van der Waals surface area contributed by atoms with Gasteiger partial charge >= 0.3 is 0 Å². The topological polar surface area (TPSA) is 0 Å². The van der Waals surface area contributed by atoms with E-state index in [1.165, 1.54) is 113 Å². The van der Waals surface area contributed by atoms with Crippen LogP contribution < -0.4 is 15.9 Å². The molecule has 0 bridgehead atoms. The van der Waals surface area contributed by atoms with E-state index in [4.69, 9.17) is 0 Å². The van der Waals surface area contributed by atoms with E-state index in [0.29, 0.717) is 0 Å². The maximum absolute atomic E-state index is 2.75. The summed E-state index contributed by atoms with van der Waals surface area (Å²) < 4.78 is 0. The van der Waals surface area contributed by atoms with Gasteiger partial charge in [-0.25, -0.2) is 0 Å². The van der Waals surface area contributed by atoms with Crippen molar-refractivity contribution < 1.29 is 17.1 Å². The number of hydrogen-bond donors (Lipinski definition) is 0. The van der Waals surface area contributed by atoms with Gasteiger partial charge in [0, 0.05) is 17.1 Å². The molecule has 0 N–H and O–H groups in total. The molecule has 2 radical (unpaired) electrons. The van der Waals surface area contributed by atoms with Crippen LogP contribution in [0.2, 0.25) is 0 Å². The summed E-state index contributed by atoms with van der Waals surface area (Å²) in [7, 11) is -0.449. The van der Waals surface area contributed by atoms with Gasteiger partial charge in [0.15, 0.2) is 0 Å². The SMILES string of the molecule is C[C@H](C1CCCC1c1ccccc1P(c1ccccc1)c1ccccc1)P(C1CCCCC1)C1CCCCC1.[CH]1[CH]CCC1.[Fe]. The molecule has 4 aliphatic carbocycles. The van der Waals surface area contributed by atoms with Gasteiger partial charge in [-0.2, -0.15) is 0 Å². The Morgan fingerprint density at radius 3 is 1.56 bits per heavy atom.